The number of nitrogens with zero attached hydrogens (tertiary/aromatic N) is 2. The summed E-state index contributed by atoms with van der Waals surface area (Å²) >= 11 is 5.91. The van der Waals surface area contributed by atoms with Crippen LogP contribution in [0.3, 0.4) is 0 Å². The molecule has 0 radical (unpaired) electrons. The molecule has 0 aromatic heterocycles. The molecule has 9 heteroatoms. The van der Waals surface area contributed by atoms with Crippen LogP contribution in [-0.2, 0) is 0 Å². The average Bonchev–Trinajstić information content (AvgIpc) is 2.57. The van der Waals surface area contributed by atoms with Crippen LogP contribution in [-0.4, -0.2) is 28.8 Å². The van der Waals surface area contributed by atoms with E-state index in [2.05, 4.69) is 10.5 Å². The van der Waals surface area contributed by atoms with E-state index in [0.717, 1.165) is 6.07 Å². The number of hydrogen-bond acceptors (Lipinski definition) is 6. The third-order valence-electron chi connectivity index (χ3n) is 3.07. The highest BCUT2D eigenvalue weighted by Crippen LogP contribution is 2.36. The molecule has 0 spiro atoms. The lowest BCUT2D eigenvalue weighted by Crippen LogP contribution is -2.17. The highest BCUT2D eigenvalue weighted by molar-refractivity contribution is 6.33. The van der Waals surface area contributed by atoms with Crippen LogP contribution in [0.1, 0.15) is 22.8 Å². The summed E-state index contributed by atoms with van der Waals surface area (Å²) in [6.07, 6.45) is 1.20. The van der Waals surface area contributed by atoms with Gasteiger partial charge in [0.25, 0.3) is 5.91 Å². The first-order valence-corrected chi connectivity index (χ1v) is 7.54. The van der Waals surface area contributed by atoms with E-state index in [9.17, 15) is 20.0 Å². The molecule has 0 atom stereocenters. The molecule has 2 aromatic rings. The van der Waals surface area contributed by atoms with E-state index in [1.165, 1.54) is 18.3 Å². The number of phenolic OH excluding ortho intramolecular Hbond substituents is 1. The average molecular weight is 364 g/mol. The minimum Gasteiger partial charge on any atom is -0.500 e. The van der Waals surface area contributed by atoms with Crippen LogP contribution in [0.25, 0.3) is 0 Å². The van der Waals surface area contributed by atoms with Gasteiger partial charge >= 0.3 is 5.69 Å². The molecule has 2 aromatic carbocycles. The molecule has 25 heavy (non-hydrogen) atoms. The van der Waals surface area contributed by atoms with Crippen molar-refractivity contribution in [2.75, 3.05) is 6.61 Å². The van der Waals surface area contributed by atoms with Crippen LogP contribution in [0, 0.1) is 10.1 Å². The number of carbonyl (C=O) groups excluding carboxylic acids is 1. The van der Waals surface area contributed by atoms with Crippen molar-refractivity contribution in [3.05, 3.63) is 62.7 Å². The Kier molecular flexibility index (Phi) is 5.91. The SMILES string of the molecule is CCOc1cc(/C=N/NC(=O)c2ccccc2Cl)cc([N+](=O)[O-])c1O. The minimum atomic E-state index is -0.739. The molecule has 2 rings (SSSR count). The molecule has 0 saturated heterocycles. The van der Waals surface area contributed by atoms with E-state index in [4.69, 9.17) is 16.3 Å². The van der Waals surface area contributed by atoms with Crippen LogP contribution in [0.15, 0.2) is 41.5 Å². The van der Waals surface area contributed by atoms with Crippen molar-refractivity contribution in [1.82, 2.24) is 5.43 Å². The van der Waals surface area contributed by atoms with Gasteiger partial charge in [0, 0.05) is 11.6 Å². The Morgan fingerprint density at radius 2 is 2.16 bits per heavy atom. The molecule has 0 unspecified atom stereocenters. The number of nitro groups is 1. The maximum absolute atomic E-state index is 12.0. The van der Waals surface area contributed by atoms with Gasteiger partial charge in [0.2, 0.25) is 5.75 Å². The molecule has 0 fully saturated rings. The molecule has 130 valence electrons. The Morgan fingerprint density at radius 3 is 2.80 bits per heavy atom. The number of hydrazone groups is 1. The molecule has 1 amide bonds. The van der Waals surface area contributed by atoms with Gasteiger partial charge in [-0.05, 0) is 25.1 Å². The Balaban J connectivity index is 2.21. The lowest BCUT2D eigenvalue weighted by atomic mass is 10.2. The Labute approximate surface area is 147 Å². The number of rotatable bonds is 6. The second-order valence-corrected chi connectivity index (χ2v) is 5.16. The zero-order valence-corrected chi connectivity index (χ0v) is 13.9. The highest BCUT2D eigenvalue weighted by Gasteiger charge is 2.19. The number of halogens is 1. The summed E-state index contributed by atoms with van der Waals surface area (Å²) in [5.74, 6) is -1.14. The second kappa shape index (κ2) is 8.11. The van der Waals surface area contributed by atoms with Crippen molar-refractivity contribution in [2.45, 2.75) is 6.92 Å². The van der Waals surface area contributed by atoms with Crippen molar-refractivity contribution in [1.29, 1.82) is 0 Å². The van der Waals surface area contributed by atoms with E-state index in [1.54, 1.807) is 25.1 Å². The first-order chi connectivity index (χ1) is 11.9. The first kappa shape index (κ1) is 18.2. The van der Waals surface area contributed by atoms with Crippen LogP contribution in [0.4, 0.5) is 5.69 Å². The Bertz CT molecular complexity index is 839. The van der Waals surface area contributed by atoms with Crippen LogP contribution in [0.2, 0.25) is 5.02 Å². The minimum absolute atomic E-state index is 0.0458. The van der Waals surface area contributed by atoms with Gasteiger partial charge in [-0.15, -0.1) is 0 Å². The van der Waals surface area contributed by atoms with Crippen molar-refractivity contribution in [3.63, 3.8) is 0 Å². The fourth-order valence-corrected chi connectivity index (χ4v) is 2.19. The number of nitro benzene ring substituents is 1. The van der Waals surface area contributed by atoms with Crippen molar-refractivity contribution in [2.24, 2.45) is 5.10 Å². The molecule has 0 bridgehead atoms. The standard InChI is InChI=1S/C16H14ClN3O5/c1-2-25-14-8-10(7-13(15(14)21)20(23)24)9-18-19-16(22)11-5-3-4-6-12(11)17/h3-9,21H,2H2,1H3,(H,19,22)/b18-9+. The predicted octanol–water partition coefficient (Wildman–Crippen LogP) is 3.12. The van der Waals surface area contributed by atoms with E-state index >= 15 is 0 Å². The largest absolute Gasteiger partial charge is 0.500 e. The van der Waals surface area contributed by atoms with Gasteiger partial charge < -0.3 is 9.84 Å². The summed E-state index contributed by atoms with van der Waals surface area (Å²) in [6.45, 7) is 1.89. The zero-order chi connectivity index (χ0) is 18.4. The van der Waals surface area contributed by atoms with E-state index < -0.39 is 22.3 Å². The number of nitrogens with one attached hydrogen (secondary N) is 1. The molecule has 8 nitrogen and oxygen atoms in total. The molecule has 0 aliphatic heterocycles. The normalized spacial score (nSPS) is 10.6. The predicted molar refractivity (Wildman–Crippen MR) is 92.4 cm³/mol. The number of phenols is 1. The summed E-state index contributed by atoms with van der Waals surface area (Å²) in [5, 5.41) is 24.8. The van der Waals surface area contributed by atoms with Gasteiger partial charge in [-0.2, -0.15) is 5.10 Å². The van der Waals surface area contributed by atoms with Gasteiger partial charge in [0.15, 0.2) is 5.75 Å². The summed E-state index contributed by atoms with van der Waals surface area (Å²) < 4.78 is 5.16. The molecule has 2 N–H and O–H groups in total. The van der Waals surface area contributed by atoms with Gasteiger partial charge in [0.1, 0.15) is 0 Å². The van der Waals surface area contributed by atoms with Gasteiger partial charge in [-0.1, -0.05) is 23.7 Å². The lowest BCUT2D eigenvalue weighted by molar-refractivity contribution is -0.386. The van der Waals surface area contributed by atoms with Crippen molar-refractivity contribution < 1.29 is 19.6 Å². The van der Waals surface area contributed by atoms with E-state index in [0.29, 0.717) is 0 Å². The third kappa shape index (κ3) is 4.45. The second-order valence-electron chi connectivity index (χ2n) is 4.76. The summed E-state index contributed by atoms with van der Waals surface area (Å²) in [5.41, 5.74) is 2.27. The first-order valence-electron chi connectivity index (χ1n) is 7.16. The number of carbonyl (C=O) groups is 1. The van der Waals surface area contributed by atoms with E-state index in [-0.39, 0.29) is 28.5 Å². The smallest absolute Gasteiger partial charge is 0.315 e. The molecular formula is C16H14ClN3O5. The lowest BCUT2D eigenvalue weighted by Gasteiger charge is -2.07. The summed E-state index contributed by atoms with van der Waals surface area (Å²) in [7, 11) is 0. The quantitative estimate of drug-likeness (QED) is 0.465. The van der Waals surface area contributed by atoms with Gasteiger partial charge in [-0.25, -0.2) is 5.43 Å². The maximum Gasteiger partial charge on any atom is 0.315 e. The number of amides is 1. The van der Waals surface area contributed by atoms with E-state index in [1.807, 2.05) is 0 Å². The molecule has 0 aliphatic carbocycles. The topological polar surface area (TPSA) is 114 Å². The van der Waals surface area contributed by atoms with Crippen molar-refractivity contribution >= 4 is 29.4 Å². The zero-order valence-electron chi connectivity index (χ0n) is 13.1. The Hall–Kier alpha value is -3.13. The van der Waals surface area contributed by atoms with Gasteiger partial charge in [0.05, 0.1) is 28.3 Å². The fraction of sp³-hybridized carbons (Fsp3) is 0.125. The number of ether oxygens (including phenoxy) is 1. The number of hydrogen-bond donors (Lipinski definition) is 2. The monoisotopic (exact) mass is 363 g/mol. The maximum atomic E-state index is 12.0. The third-order valence-corrected chi connectivity index (χ3v) is 3.40. The fourth-order valence-electron chi connectivity index (χ4n) is 1.96. The van der Waals surface area contributed by atoms with Crippen LogP contribution in [0.5, 0.6) is 11.5 Å². The molecule has 0 heterocycles. The molecular weight excluding hydrogens is 350 g/mol. The number of benzene rings is 2. The highest BCUT2D eigenvalue weighted by atomic mass is 35.5. The number of aromatic hydroxyl groups is 1. The van der Waals surface area contributed by atoms with Gasteiger partial charge in [-0.3, -0.25) is 14.9 Å². The van der Waals surface area contributed by atoms with Crippen LogP contribution >= 0.6 is 11.6 Å². The van der Waals surface area contributed by atoms with Crippen LogP contribution < -0.4 is 10.2 Å². The molecule has 0 saturated carbocycles. The van der Waals surface area contributed by atoms with Crippen molar-refractivity contribution in [3.8, 4) is 11.5 Å². The Morgan fingerprint density at radius 1 is 1.44 bits per heavy atom. The molecule has 0 aliphatic rings. The summed E-state index contributed by atoms with van der Waals surface area (Å²) in [6, 6.07) is 8.93. The summed E-state index contributed by atoms with van der Waals surface area (Å²) in [4.78, 5) is 22.2.